The van der Waals surface area contributed by atoms with Gasteiger partial charge in [0.15, 0.2) is 18.7 Å². The van der Waals surface area contributed by atoms with Gasteiger partial charge in [0, 0.05) is 18.9 Å². The molecule has 99 heavy (non-hydrogen) atoms. The molecule has 2 aliphatic heterocycles. The molecule has 3 rings (SSSR count). The Morgan fingerprint density at radius 2 is 0.768 bits per heavy atom. The van der Waals surface area contributed by atoms with Crippen LogP contribution in [-0.4, -0.2) is 204 Å². The van der Waals surface area contributed by atoms with E-state index >= 15 is 0 Å². The van der Waals surface area contributed by atoms with Crippen molar-refractivity contribution in [3.8, 4) is 0 Å². The van der Waals surface area contributed by atoms with Crippen molar-refractivity contribution in [3.05, 3.63) is 24.3 Å². The van der Waals surface area contributed by atoms with Crippen molar-refractivity contribution in [2.45, 2.75) is 401 Å². The molecule has 0 amide bonds. The molecule has 580 valence electrons. The van der Waals surface area contributed by atoms with Crippen LogP contribution >= 0.6 is 7.82 Å². The predicted octanol–water partition coefficient (Wildman–Crippen LogP) is 10.9. The van der Waals surface area contributed by atoms with Crippen LogP contribution in [0.1, 0.15) is 297 Å². The lowest BCUT2D eigenvalue weighted by Crippen LogP contribution is -2.69. The van der Waals surface area contributed by atoms with Crippen LogP contribution in [0.3, 0.4) is 0 Å². The Morgan fingerprint density at radius 3 is 1.17 bits per heavy atom. The molecule has 1 saturated carbocycles. The molecule has 2 saturated heterocycles. The molecule has 3 fully saturated rings. The van der Waals surface area contributed by atoms with E-state index in [4.69, 9.17) is 42.2 Å². The SMILES string of the molecule is CCCCCCCCCCCCC/C=C/C=C/C(=O)OC(COC(=O)CCCCCCCCCCCCCCCCCC)COP(=O)(O)OC1C(OC2OC(CO)C(O)C(O)C2O)C(O)C(O)C(O)C1OC1OC(COC(=O)CCCCCCCCCCCCCCC)C(O)C(O)C1O. The van der Waals surface area contributed by atoms with E-state index in [-0.39, 0.29) is 12.8 Å². The molecule has 18 atom stereocenters. The lowest BCUT2D eigenvalue weighted by Gasteiger charge is -2.49. The number of carbonyl (C=O) groups excluding carboxylic acids is 3. The van der Waals surface area contributed by atoms with E-state index in [1.807, 2.05) is 6.08 Å². The van der Waals surface area contributed by atoms with Gasteiger partial charge in [0.25, 0.3) is 0 Å². The zero-order chi connectivity index (χ0) is 72.5. The Kier molecular flexibility index (Phi) is 51.2. The van der Waals surface area contributed by atoms with E-state index in [9.17, 15) is 74.9 Å². The number of phosphoric acid groups is 1. The summed E-state index contributed by atoms with van der Waals surface area (Å²) in [4.78, 5) is 50.9. The van der Waals surface area contributed by atoms with Gasteiger partial charge in [0.1, 0.15) is 98.7 Å². The number of aliphatic hydroxyl groups excluding tert-OH is 10. The number of rotatable bonds is 60. The van der Waals surface area contributed by atoms with E-state index in [2.05, 4.69) is 20.8 Å². The van der Waals surface area contributed by atoms with Gasteiger partial charge in [0.2, 0.25) is 0 Å². The van der Waals surface area contributed by atoms with Gasteiger partial charge < -0.3 is 89.1 Å². The van der Waals surface area contributed by atoms with Gasteiger partial charge in [-0.2, -0.15) is 0 Å². The number of carbonyl (C=O) groups is 3. The molecule has 0 aromatic heterocycles. The molecular formula is C74H135O24P. The zero-order valence-electron chi connectivity index (χ0n) is 60.5. The first-order chi connectivity index (χ1) is 47.8. The summed E-state index contributed by atoms with van der Waals surface area (Å²) in [5.74, 6) is -2.24. The highest BCUT2D eigenvalue weighted by atomic mass is 31.2. The number of esters is 3. The van der Waals surface area contributed by atoms with Crippen molar-refractivity contribution in [2.75, 3.05) is 26.4 Å². The molecule has 2 heterocycles. The molecule has 18 unspecified atom stereocenters. The normalized spacial score (nSPS) is 27.6. The minimum Gasteiger partial charge on any atom is -0.463 e. The first-order valence-corrected chi connectivity index (χ1v) is 40.2. The quantitative estimate of drug-likeness (QED) is 0.00673. The second-order valence-electron chi connectivity index (χ2n) is 27.8. The van der Waals surface area contributed by atoms with Crippen molar-refractivity contribution in [1.29, 1.82) is 0 Å². The average molecular weight is 1440 g/mol. The van der Waals surface area contributed by atoms with E-state index in [0.29, 0.717) is 12.8 Å². The summed E-state index contributed by atoms with van der Waals surface area (Å²) in [5, 5.41) is 110. The van der Waals surface area contributed by atoms with Crippen LogP contribution in [0, 0.1) is 0 Å². The molecule has 0 radical (unpaired) electrons. The van der Waals surface area contributed by atoms with Crippen LogP contribution in [-0.2, 0) is 61.2 Å². The van der Waals surface area contributed by atoms with Gasteiger partial charge >= 0.3 is 25.7 Å². The highest BCUT2D eigenvalue weighted by Crippen LogP contribution is 2.49. The smallest absolute Gasteiger partial charge is 0.463 e. The minimum absolute atomic E-state index is 0.0282. The third kappa shape index (κ3) is 38.9. The highest BCUT2D eigenvalue weighted by molar-refractivity contribution is 7.47. The molecule has 25 heteroatoms. The van der Waals surface area contributed by atoms with Crippen molar-refractivity contribution >= 4 is 25.7 Å². The maximum atomic E-state index is 14.3. The third-order valence-corrected chi connectivity index (χ3v) is 20.1. The summed E-state index contributed by atoms with van der Waals surface area (Å²) in [7, 11) is -5.72. The number of hydrogen-bond donors (Lipinski definition) is 11. The first-order valence-electron chi connectivity index (χ1n) is 38.7. The lowest BCUT2D eigenvalue weighted by atomic mass is 9.84. The molecule has 0 spiro atoms. The number of phosphoric ester groups is 1. The van der Waals surface area contributed by atoms with Gasteiger partial charge in [-0.05, 0) is 25.7 Å². The Labute approximate surface area is 592 Å². The van der Waals surface area contributed by atoms with E-state index in [0.717, 1.165) is 96.0 Å². The Bertz CT molecular complexity index is 2140. The summed E-state index contributed by atoms with van der Waals surface area (Å²) >= 11 is 0. The third-order valence-electron chi connectivity index (χ3n) is 19.1. The average Bonchev–Trinajstić information content (AvgIpc) is 0.763. The number of unbranched alkanes of at least 4 members (excludes halogenated alkanes) is 38. The van der Waals surface area contributed by atoms with Crippen molar-refractivity contribution in [2.24, 2.45) is 0 Å². The Morgan fingerprint density at radius 1 is 0.414 bits per heavy atom. The van der Waals surface area contributed by atoms with Crippen LogP contribution in [0.5, 0.6) is 0 Å². The van der Waals surface area contributed by atoms with E-state index < -0.39 is 156 Å². The monoisotopic (exact) mass is 1440 g/mol. The molecule has 24 nitrogen and oxygen atoms in total. The largest absolute Gasteiger partial charge is 0.472 e. The maximum absolute atomic E-state index is 14.3. The number of allylic oxidation sites excluding steroid dienone is 3. The number of ether oxygens (including phenoxy) is 7. The Balaban J connectivity index is 1.74. The van der Waals surface area contributed by atoms with Crippen LogP contribution in [0.2, 0.25) is 0 Å². The lowest BCUT2D eigenvalue weighted by molar-refractivity contribution is -0.360. The summed E-state index contributed by atoms with van der Waals surface area (Å²) in [5.41, 5.74) is 0. The molecule has 0 aromatic carbocycles. The first kappa shape index (κ1) is 90.7. The van der Waals surface area contributed by atoms with E-state index in [1.165, 1.54) is 167 Å². The second-order valence-corrected chi connectivity index (χ2v) is 29.2. The van der Waals surface area contributed by atoms with E-state index in [1.54, 1.807) is 6.08 Å². The van der Waals surface area contributed by atoms with Crippen molar-refractivity contribution < 1.29 is 117 Å². The summed E-state index contributed by atoms with van der Waals surface area (Å²) < 4.78 is 64.8. The second kappa shape index (κ2) is 55.9. The minimum atomic E-state index is -5.72. The van der Waals surface area contributed by atoms with Gasteiger partial charge in [0.05, 0.1) is 13.2 Å². The molecule has 1 aliphatic carbocycles. The molecule has 11 N–H and O–H groups in total. The zero-order valence-corrected chi connectivity index (χ0v) is 61.4. The molecule has 0 bridgehead atoms. The topological polar surface area (TPSA) is 374 Å². The van der Waals surface area contributed by atoms with Crippen LogP contribution in [0.25, 0.3) is 0 Å². The summed E-state index contributed by atoms with van der Waals surface area (Å²) in [6.07, 6.45) is 17.3. The van der Waals surface area contributed by atoms with Gasteiger partial charge in [-0.3, -0.25) is 18.6 Å². The summed E-state index contributed by atoms with van der Waals surface area (Å²) in [6, 6.07) is 0. The summed E-state index contributed by atoms with van der Waals surface area (Å²) in [6.45, 7) is 3.36. The van der Waals surface area contributed by atoms with Crippen LogP contribution in [0.4, 0.5) is 0 Å². The fourth-order valence-corrected chi connectivity index (χ4v) is 13.7. The molecule has 0 aromatic rings. The van der Waals surface area contributed by atoms with Crippen LogP contribution in [0.15, 0.2) is 24.3 Å². The van der Waals surface area contributed by atoms with Gasteiger partial charge in [-0.15, -0.1) is 0 Å². The van der Waals surface area contributed by atoms with Gasteiger partial charge in [-0.1, -0.05) is 277 Å². The highest BCUT2D eigenvalue weighted by Gasteiger charge is 2.58. The fraction of sp³-hybridized carbons (Fsp3) is 0.905. The predicted molar refractivity (Wildman–Crippen MR) is 374 cm³/mol. The maximum Gasteiger partial charge on any atom is 0.472 e. The van der Waals surface area contributed by atoms with Gasteiger partial charge in [-0.25, -0.2) is 9.36 Å². The fourth-order valence-electron chi connectivity index (χ4n) is 12.8. The van der Waals surface area contributed by atoms with Crippen molar-refractivity contribution in [3.63, 3.8) is 0 Å². The Hall–Kier alpha value is -2.56. The number of aliphatic hydroxyl groups is 10. The van der Waals surface area contributed by atoms with Crippen LogP contribution < -0.4 is 0 Å². The number of hydrogen-bond acceptors (Lipinski definition) is 23. The van der Waals surface area contributed by atoms with Crippen molar-refractivity contribution in [1.82, 2.24) is 0 Å². The standard InChI is InChI=1S/C74H135O24P/c1-4-7-10-13-16-19-22-25-27-29-31-34-36-39-42-45-48-58(76)90-52-55(93-60(78)50-47-44-41-38-35-32-28-26-23-20-17-14-11-8-5-2)53-92-99(88,89)98-72-70(96-73-68(86)63(81)61(79)56(51-75)94-73)66(84)65(83)67(85)71(72)97-74-69(87)64(82)62(80)57(95-74)54-91-59(77)49-46-43-40-37-33-30-24-21-18-15-12-9-6-3/h41,44,47,50,55-57,61-75,79-87H,4-40,42-43,45-46,48-49,51-54H2,1-3H3,(H,88,89)/b44-41+,50-47+. The molecular weight excluding hydrogens is 1300 g/mol. The molecule has 3 aliphatic rings.